The van der Waals surface area contributed by atoms with Gasteiger partial charge in [-0.3, -0.25) is 0 Å². The molecule has 4 N–H and O–H groups in total. The quantitative estimate of drug-likeness (QED) is 0.370. The monoisotopic (exact) mass is 168 g/mol. The number of methoxy groups -OCH3 is 1. The number of hydrogen-bond donors (Lipinski definition) is 4. The predicted octanol–water partition coefficient (Wildman–Crippen LogP) is -1.84. The first-order valence-electron chi connectivity index (χ1n) is 3.19. The van der Waals surface area contributed by atoms with Gasteiger partial charge >= 0.3 is 0 Å². The van der Waals surface area contributed by atoms with E-state index in [-0.39, 0.29) is 19.1 Å². The molecule has 0 amide bonds. The van der Waals surface area contributed by atoms with Crippen molar-refractivity contribution in [1.82, 2.24) is 0 Å². The van der Waals surface area contributed by atoms with E-state index in [1.165, 1.54) is 0 Å². The molecule has 0 rings (SSSR count). The van der Waals surface area contributed by atoms with Crippen molar-refractivity contribution < 1.29 is 25.2 Å². The molecular formula is C6H16O5. The van der Waals surface area contributed by atoms with Crippen LogP contribution >= 0.6 is 0 Å². The average Bonchev–Trinajstić information content (AvgIpc) is 2.02. The zero-order valence-electron chi connectivity index (χ0n) is 6.60. The highest BCUT2D eigenvalue weighted by Crippen LogP contribution is 1.91. The van der Waals surface area contributed by atoms with E-state index in [1.807, 2.05) is 0 Å². The molecule has 0 aliphatic carbocycles. The third kappa shape index (κ3) is 12.9. The van der Waals surface area contributed by atoms with Gasteiger partial charge in [0.05, 0.1) is 19.8 Å². The minimum atomic E-state index is -0.750. The highest BCUT2D eigenvalue weighted by atomic mass is 16.5. The summed E-state index contributed by atoms with van der Waals surface area (Å²) in [7, 11) is 1.54. The zero-order valence-corrected chi connectivity index (χ0v) is 6.60. The number of hydrogen-bond acceptors (Lipinski definition) is 5. The molecule has 0 aromatic rings. The van der Waals surface area contributed by atoms with Gasteiger partial charge in [0.25, 0.3) is 0 Å². The highest BCUT2D eigenvalue weighted by molar-refractivity contribution is 4.50. The third-order valence-corrected chi connectivity index (χ3v) is 0.919. The van der Waals surface area contributed by atoms with Gasteiger partial charge in [-0.05, 0) is 0 Å². The summed E-state index contributed by atoms with van der Waals surface area (Å²) in [6, 6.07) is 0. The van der Waals surface area contributed by atoms with Crippen molar-refractivity contribution in [3.8, 4) is 0 Å². The number of rotatable bonds is 4. The molecule has 0 radical (unpaired) electrons. The van der Waals surface area contributed by atoms with E-state index in [0.29, 0.717) is 6.61 Å². The summed E-state index contributed by atoms with van der Waals surface area (Å²) in [6.07, 6.45) is 0. The van der Waals surface area contributed by atoms with Gasteiger partial charge in [-0.2, -0.15) is 0 Å². The SMILES string of the molecule is COCC(CO)CO.OCO. The molecule has 0 fully saturated rings. The summed E-state index contributed by atoms with van der Waals surface area (Å²) in [5, 5.41) is 31.1. The van der Waals surface area contributed by atoms with Gasteiger partial charge in [0.1, 0.15) is 6.79 Å². The van der Waals surface area contributed by atoms with E-state index in [0.717, 1.165) is 0 Å². The molecule has 0 aromatic carbocycles. The maximum atomic E-state index is 8.42. The van der Waals surface area contributed by atoms with Gasteiger partial charge in [0, 0.05) is 13.0 Å². The molecule has 0 heterocycles. The predicted molar refractivity (Wildman–Crippen MR) is 38.8 cm³/mol. The fraction of sp³-hybridized carbons (Fsp3) is 1.00. The van der Waals surface area contributed by atoms with E-state index in [2.05, 4.69) is 4.74 Å². The Bertz CT molecular complexity index is 54.9. The van der Waals surface area contributed by atoms with Crippen LogP contribution in [0.1, 0.15) is 0 Å². The zero-order chi connectivity index (χ0) is 9.11. The molecule has 0 aliphatic heterocycles. The molecular weight excluding hydrogens is 152 g/mol. The second kappa shape index (κ2) is 12.5. The van der Waals surface area contributed by atoms with Crippen molar-refractivity contribution in [2.75, 3.05) is 33.7 Å². The molecule has 0 atom stereocenters. The van der Waals surface area contributed by atoms with Gasteiger partial charge < -0.3 is 25.2 Å². The molecule has 0 spiro atoms. The average molecular weight is 168 g/mol. The largest absolute Gasteiger partial charge is 0.396 e. The summed E-state index contributed by atoms with van der Waals surface area (Å²) in [6.45, 7) is -0.346. The van der Waals surface area contributed by atoms with Crippen LogP contribution in [0.25, 0.3) is 0 Å². The van der Waals surface area contributed by atoms with Crippen LogP contribution in [-0.4, -0.2) is 54.1 Å². The first-order valence-corrected chi connectivity index (χ1v) is 3.19. The Kier molecular flexibility index (Phi) is 15.2. The normalized spacial score (nSPS) is 9.27. The fourth-order valence-electron chi connectivity index (χ4n) is 0.399. The third-order valence-electron chi connectivity index (χ3n) is 0.919. The van der Waals surface area contributed by atoms with Gasteiger partial charge in [-0.1, -0.05) is 0 Å². The van der Waals surface area contributed by atoms with Crippen molar-refractivity contribution in [3.05, 3.63) is 0 Å². The second-order valence-corrected chi connectivity index (χ2v) is 1.83. The van der Waals surface area contributed by atoms with Crippen molar-refractivity contribution in [2.24, 2.45) is 5.92 Å². The smallest absolute Gasteiger partial charge is 0.140 e. The van der Waals surface area contributed by atoms with E-state index in [4.69, 9.17) is 20.4 Å². The molecule has 70 valence electrons. The Labute approximate surface area is 65.9 Å². The molecule has 0 bridgehead atoms. The minimum Gasteiger partial charge on any atom is -0.396 e. The van der Waals surface area contributed by atoms with Gasteiger partial charge in [-0.25, -0.2) is 0 Å². The number of aliphatic hydroxyl groups excluding tert-OH is 3. The summed E-state index contributed by atoms with van der Waals surface area (Å²) >= 11 is 0. The van der Waals surface area contributed by atoms with Crippen LogP contribution in [0.3, 0.4) is 0 Å². The van der Waals surface area contributed by atoms with E-state index in [9.17, 15) is 0 Å². The number of ether oxygens (including phenoxy) is 1. The second-order valence-electron chi connectivity index (χ2n) is 1.83. The fourth-order valence-corrected chi connectivity index (χ4v) is 0.399. The lowest BCUT2D eigenvalue weighted by atomic mass is 10.2. The van der Waals surface area contributed by atoms with Crippen LogP contribution < -0.4 is 0 Å². The summed E-state index contributed by atoms with van der Waals surface area (Å²) in [4.78, 5) is 0. The van der Waals surface area contributed by atoms with Crippen LogP contribution in [0.2, 0.25) is 0 Å². The van der Waals surface area contributed by atoms with E-state index >= 15 is 0 Å². The molecule has 0 unspecified atom stereocenters. The lowest BCUT2D eigenvalue weighted by Gasteiger charge is -2.06. The molecule has 0 aliphatic rings. The standard InChI is InChI=1S/C5H12O3.CH4O2/c1-8-4-5(2-6)3-7;2-1-3/h5-7H,2-4H2,1H3;2-3H,1H2. The summed E-state index contributed by atoms with van der Waals surface area (Å²) in [5.41, 5.74) is 0. The Balaban J connectivity index is 0. The summed E-state index contributed by atoms with van der Waals surface area (Å²) in [5.74, 6) is -0.111. The lowest BCUT2D eigenvalue weighted by Crippen LogP contribution is -2.16. The van der Waals surface area contributed by atoms with Crippen LogP contribution in [0.4, 0.5) is 0 Å². The first-order chi connectivity index (χ1) is 5.26. The maximum absolute atomic E-state index is 8.42. The van der Waals surface area contributed by atoms with Crippen LogP contribution in [0.5, 0.6) is 0 Å². The number of aliphatic hydroxyl groups is 4. The van der Waals surface area contributed by atoms with Crippen LogP contribution in [0, 0.1) is 5.92 Å². The van der Waals surface area contributed by atoms with E-state index < -0.39 is 6.79 Å². The minimum absolute atomic E-state index is 0.00958. The molecule has 5 nitrogen and oxygen atoms in total. The Morgan fingerprint density at radius 1 is 1.09 bits per heavy atom. The molecule has 5 heteroatoms. The molecule has 0 saturated carbocycles. The van der Waals surface area contributed by atoms with Gasteiger partial charge in [0.2, 0.25) is 0 Å². The topological polar surface area (TPSA) is 90.2 Å². The van der Waals surface area contributed by atoms with Crippen LogP contribution in [0.15, 0.2) is 0 Å². The first kappa shape index (κ1) is 13.4. The lowest BCUT2D eigenvalue weighted by molar-refractivity contribution is 0.0710. The summed E-state index contributed by atoms with van der Waals surface area (Å²) < 4.78 is 4.67. The van der Waals surface area contributed by atoms with Gasteiger partial charge in [-0.15, -0.1) is 0 Å². The van der Waals surface area contributed by atoms with Crippen molar-refractivity contribution in [1.29, 1.82) is 0 Å². The van der Waals surface area contributed by atoms with Gasteiger partial charge in [0.15, 0.2) is 0 Å². The maximum Gasteiger partial charge on any atom is 0.140 e. The molecule has 11 heavy (non-hydrogen) atoms. The molecule has 0 saturated heterocycles. The van der Waals surface area contributed by atoms with Crippen molar-refractivity contribution in [2.45, 2.75) is 0 Å². The molecule has 0 aromatic heterocycles. The Morgan fingerprint density at radius 2 is 1.45 bits per heavy atom. The van der Waals surface area contributed by atoms with Crippen molar-refractivity contribution in [3.63, 3.8) is 0 Å². The van der Waals surface area contributed by atoms with E-state index in [1.54, 1.807) is 7.11 Å². The van der Waals surface area contributed by atoms with Crippen LogP contribution in [-0.2, 0) is 4.74 Å². The Hall–Kier alpha value is -0.200. The highest BCUT2D eigenvalue weighted by Gasteiger charge is 2.02. The van der Waals surface area contributed by atoms with Crippen molar-refractivity contribution >= 4 is 0 Å². The Morgan fingerprint density at radius 3 is 1.55 bits per heavy atom.